The van der Waals surface area contributed by atoms with Crippen molar-refractivity contribution in [3.8, 4) is 0 Å². The van der Waals surface area contributed by atoms with Crippen molar-refractivity contribution >= 4 is 34.4 Å². The minimum absolute atomic E-state index is 0.0494. The zero-order chi connectivity index (χ0) is 21.2. The van der Waals surface area contributed by atoms with Crippen LogP contribution in [0.15, 0.2) is 53.8 Å². The molecule has 0 aliphatic rings. The molecule has 29 heavy (non-hydrogen) atoms. The molecule has 8 nitrogen and oxygen atoms in total. The van der Waals surface area contributed by atoms with E-state index in [1.807, 2.05) is 0 Å². The number of halogens is 3. The second-order valence-electron chi connectivity index (χ2n) is 6.05. The molecule has 0 aliphatic carbocycles. The van der Waals surface area contributed by atoms with Gasteiger partial charge in [0.25, 0.3) is 5.69 Å². The van der Waals surface area contributed by atoms with Gasteiger partial charge in [-0.15, -0.1) is 0 Å². The highest BCUT2D eigenvalue weighted by molar-refractivity contribution is 6.00. The Labute approximate surface area is 161 Å². The Kier molecular flexibility index (Phi) is 5.22. The summed E-state index contributed by atoms with van der Waals surface area (Å²) in [5, 5.41) is 15.8. The zero-order valence-corrected chi connectivity index (χ0v) is 14.7. The molecule has 0 atom stereocenters. The summed E-state index contributed by atoms with van der Waals surface area (Å²) >= 11 is 0. The molecule has 0 fully saturated rings. The van der Waals surface area contributed by atoms with Crippen LogP contribution in [0, 0.1) is 10.1 Å². The number of hydrogen-bond acceptors (Lipinski definition) is 5. The largest absolute Gasteiger partial charge is 0.416 e. The Balaban J connectivity index is 1.90. The number of rotatable bonds is 6. The van der Waals surface area contributed by atoms with E-state index in [-0.39, 0.29) is 12.2 Å². The molecule has 11 heteroatoms. The standard InChI is InChI=1S/C18H14F3N5O3/c19-18(20,21)12-5-6-14(16(7-12)26(28)29)24-23-8-11-9-25(10-17(22)27)15-4-2-1-3-13(11)15/h1-9,24H,10H2,(H2,22,27). The number of benzene rings is 2. The number of nitro benzene ring substituents is 1. The van der Waals surface area contributed by atoms with Crippen molar-refractivity contribution in [2.75, 3.05) is 5.43 Å². The number of primary amides is 1. The van der Waals surface area contributed by atoms with Gasteiger partial charge in [0.1, 0.15) is 12.2 Å². The summed E-state index contributed by atoms with van der Waals surface area (Å²) in [5.41, 5.74) is 6.87. The van der Waals surface area contributed by atoms with Crippen molar-refractivity contribution in [2.45, 2.75) is 12.7 Å². The monoisotopic (exact) mass is 405 g/mol. The second-order valence-corrected chi connectivity index (χ2v) is 6.05. The maximum Gasteiger partial charge on any atom is 0.416 e. The summed E-state index contributed by atoms with van der Waals surface area (Å²) in [6.45, 7) is -0.0494. The summed E-state index contributed by atoms with van der Waals surface area (Å²) in [5.74, 6) is -0.534. The molecule has 3 N–H and O–H groups in total. The van der Waals surface area contributed by atoms with Crippen LogP contribution in [0.1, 0.15) is 11.1 Å². The molecule has 0 unspecified atom stereocenters. The van der Waals surface area contributed by atoms with Crippen molar-refractivity contribution in [1.82, 2.24) is 4.57 Å². The van der Waals surface area contributed by atoms with Gasteiger partial charge in [-0.05, 0) is 18.2 Å². The van der Waals surface area contributed by atoms with E-state index < -0.39 is 28.3 Å². The number of nitro groups is 1. The van der Waals surface area contributed by atoms with Crippen molar-refractivity contribution < 1.29 is 22.9 Å². The highest BCUT2D eigenvalue weighted by atomic mass is 19.4. The molecule has 1 aromatic heterocycles. The maximum absolute atomic E-state index is 12.8. The molecule has 0 saturated heterocycles. The summed E-state index contributed by atoms with van der Waals surface area (Å²) in [6, 6.07) is 9.24. The molecule has 0 bridgehead atoms. The lowest BCUT2D eigenvalue weighted by Gasteiger charge is -2.08. The highest BCUT2D eigenvalue weighted by Gasteiger charge is 2.33. The predicted molar refractivity (Wildman–Crippen MR) is 100 cm³/mol. The molecule has 0 saturated carbocycles. The summed E-state index contributed by atoms with van der Waals surface area (Å²) in [4.78, 5) is 21.4. The van der Waals surface area contributed by atoms with Crippen LogP contribution in [-0.4, -0.2) is 21.6 Å². The number of hydrogen-bond donors (Lipinski definition) is 2. The van der Waals surface area contributed by atoms with Gasteiger partial charge in [-0.3, -0.25) is 20.3 Å². The molecule has 3 aromatic rings. The first-order chi connectivity index (χ1) is 13.7. The number of alkyl halides is 3. The molecule has 0 radical (unpaired) electrons. The van der Waals surface area contributed by atoms with Crippen LogP contribution in [-0.2, 0) is 17.5 Å². The third kappa shape index (κ3) is 4.34. The fourth-order valence-electron chi connectivity index (χ4n) is 2.80. The minimum Gasteiger partial charge on any atom is -0.368 e. The van der Waals surface area contributed by atoms with E-state index >= 15 is 0 Å². The number of para-hydroxylation sites is 1. The third-order valence-electron chi connectivity index (χ3n) is 4.06. The average molecular weight is 405 g/mol. The van der Waals surface area contributed by atoms with Gasteiger partial charge < -0.3 is 10.3 Å². The average Bonchev–Trinajstić information content (AvgIpc) is 2.98. The first-order valence-electron chi connectivity index (χ1n) is 8.17. The van der Waals surface area contributed by atoms with Crippen LogP contribution >= 0.6 is 0 Å². The van der Waals surface area contributed by atoms with E-state index in [0.29, 0.717) is 11.6 Å². The number of fused-ring (bicyclic) bond motifs is 1. The lowest BCUT2D eigenvalue weighted by atomic mass is 10.1. The number of amides is 1. The molecule has 1 heterocycles. The minimum atomic E-state index is -4.70. The van der Waals surface area contributed by atoms with E-state index in [0.717, 1.165) is 23.0 Å². The normalized spacial score (nSPS) is 11.8. The Bertz CT molecular complexity index is 1120. The Morgan fingerprint density at radius 3 is 2.66 bits per heavy atom. The molecule has 0 spiro atoms. The fraction of sp³-hybridized carbons (Fsp3) is 0.111. The predicted octanol–water partition coefficient (Wildman–Crippen LogP) is 3.50. The first-order valence-corrected chi connectivity index (χ1v) is 8.17. The van der Waals surface area contributed by atoms with Gasteiger partial charge >= 0.3 is 6.18 Å². The van der Waals surface area contributed by atoms with Crippen LogP contribution in [0.4, 0.5) is 24.5 Å². The topological polar surface area (TPSA) is 116 Å². The Hall–Kier alpha value is -3.89. The Morgan fingerprint density at radius 2 is 2.00 bits per heavy atom. The molecule has 2 aromatic carbocycles. The number of anilines is 1. The number of aromatic nitrogens is 1. The Morgan fingerprint density at radius 1 is 1.28 bits per heavy atom. The van der Waals surface area contributed by atoms with Crippen molar-refractivity contribution in [2.24, 2.45) is 10.8 Å². The van der Waals surface area contributed by atoms with Crippen LogP contribution < -0.4 is 11.2 Å². The summed E-state index contributed by atoms with van der Waals surface area (Å²) in [7, 11) is 0. The number of hydrazone groups is 1. The summed E-state index contributed by atoms with van der Waals surface area (Å²) < 4.78 is 39.9. The SMILES string of the molecule is NC(=O)Cn1cc(C=NNc2ccc(C(F)(F)F)cc2[N+](=O)[O-])c2ccccc21. The highest BCUT2D eigenvalue weighted by Crippen LogP contribution is 2.35. The van der Waals surface area contributed by atoms with Crippen LogP contribution in [0.3, 0.4) is 0 Å². The number of carbonyl (C=O) groups excluding carboxylic acids is 1. The van der Waals surface area contributed by atoms with Gasteiger partial charge in [-0.2, -0.15) is 18.3 Å². The quantitative estimate of drug-likeness (QED) is 0.371. The van der Waals surface area contributed by atoms with E-state index in [1.165, 1.54) is 6.21 Å². The van der Waals surface area contributed by atoms with Gasteiger partial charge in [0, 0.05) is 28.7 Å². The summed E-state index contributed by atoms with van der Waals surface area (Å²) in [6.07, 6.45) is -1.72. The van der Waals surface area contributed by atoms with E-state index in [2.05, 4.69) is 10.5 Å². The molecule has 0 aliphatic heterocycles. The van der Waals surface area contributed by atoms with Crippen molar-refractivity contribution in [3.63, 3.8) is 0 Å². The van der Waals surface area contributed by atoms with Gasteiger partial charge in [-0.1, -0.05) is 18.2 Å². The van der Waals surface area contributed by atoms with Crippen LogP contribution in [0.2, 0.25) is 0 Å². The maximum atomic E-state index is 12.8. The van der Waals surface area contributed by atoms with Gasteiger partial charge in [0.05, 0.1) is 16.7 Å². The van der Waals surface area contributed by atoms with Crippen LogP contribution in [0.25, 0.3) is 10.9 Å². The zero-order valence-electron chi connectivity index (χ0n) is 14.7. The number of carbonyl (C=O) groups is 1. The number of nitrogens with zero attached hydrogens (tertiary/aromatic N) is 3. The molecule has 3 rings (SSSR count). The van der Waals surface area contributed by atoms with E-state index in [1.54, 1.807) is 35.0 Å². The number of nitrogens with one attached hydrogen (secondary N) is 1. The van der Waals surface area contributed by atoms with E-state index in [9.17, 15) is 28.1 Å². The van der Waals surface area contributed by atoms with Gasteiger partial charge in [-0.25, -0.2) is 0 Å². The molecule has 1 amide bonds. The fourth-order valence-corrected chi connectivity index (χ4v) is 2.80. The smallest absolute Gasteiger partial charge is 0.368 e. The molecular weight excluding hydrogens is 391 g/mol. The molecular formula is C18H14F3N5O3. The lowest BCUT2D eigenvalue weighted by Crippen LogP contribution is -2.17. The van der Waals surface area contributed by atoms with Crippen LogP contribution in [0.5, 0.6) is 0 Å². The van der Waals surface area contributed by atoms with Gasteiger partial charge in [0.15, 0.2) is 0 Å². The second kappa shape index (κ2) is 7.62. The van der Waals surface area contributed by atoms with Crippen molar-refractivity contribution in [1.29, 1.82) is 0 Å². The molecule has 150 valence electrons. The number of nitrogens with two attached hydrogens (primary N) is 1. The third-order valence-corrected chi connectivity index (χ3v) is 4.06. The lowest BCUT2D eigenvalue weighted by molar-refractivity contribution is -0.384. The first kappa shape index (κ1) is 19.9. The van der Waals surface area contributed by atoms with Crippen molar-refractivity contribution in [3.05, 3.63) is 69.9 Å². The van der Waals surface area contributed by atoms with Gasteiger partial charge in [0.2, 0.25) is 5.91 Å². The van der Waals surface area contributed by atoms with E-state index in [4.69, 9.17) is 5.73 Å².